The Morgan fingerprint density at radius 3 is 2.80 bits per heavy atom. The Morgan fingerprint density at radius 1 is 1.27 bits per heavy atom. The van der Waals surface area contributed by atoms with E-state index in [2.05, 4.69) is 5.32 Å². The van der Waals surface area contributed by atoms with E-state index in [1.165, 1.54) is 0 Å². The first-order valence-corrected chi connectivity index (χ1v) is 7.15. The minimum absolute atomic E-state index is 0.199. The number of hydrogen-bond acceptors (Lipinski definition) is 3. The predicted octanol–water partition coefficient (Wildman–Crippen LogP) is 1.65. The molecule has 1 aliphatic rings. The van der Waals surface area contributed by atoms with Crippen LogP contribution < -0.4 is 5.32 Å². The number of aryl methyl sites for hydroxylation is 1. The van der Waals surface area contributed by atoms with Gasteiger partial charge in [0.25, 0.3) is 9.05 Å². The van der Waals surface area contributed by atoms with E-state index in [-0.39, 0.29) is 4.90 Å². The summed E-state index contributed by atoms with van der Waals surface area (Å²) in [7, 11) is 1.70. The Labute approximate surface area is 93.9 Å². The minimum atomic E-state index is -3.60. The molecule has 1 aromatic carbocycles. The van der Waals surface area contributed by atoms with Crippen molar-refractivity contribution in [2.45, 2.75) is 24.3 Å². The van der Waals surface area contributed by atoms with Gasteiger partial charge in [0.2, 0.25) is 0 Å². The number of fused-ring (bicyclic) bond motifs is 1. The van der Waals surface area contributed by atoms with Gasteiger partial charge in [-0.1, -0.05) is 6.07 Å². The average molecular weight is 246 g/mol. The smallest absolute Gasteiger partial charge is 0.261 e. The molecule has 1 N–H and O–H groups in total. The molecule has 0 bridgehead atoms. The Bertz CT molecular complexity index is 470. The van der Waals surface area contributed by atoms with Crippen LogP contribution in [0.5, 0.6) is 0 Å². The van der Waals surface area contributed by atoms with E-state index in [1.54, 1.807) is 12.1 Å². The molecule has 1 aromatic rings. The molecule has 15 heavy (non-hydrogen) atoms. The van der Waals surface area contributed by atoms with E-state index in [1.807, 2.05) is 6.07 Å². The number of rotatable bonds is 1. The first-order chi connectivity index (χ1) is 7.07. The molecule has 1 aliphatic heterocycles. The summed E-state index contributed by atoms with van der Waals surface area (Å²) < 4.78 is 22.3. The summed E-state index contributed by atoms with van der Waals surface area (Å²) in [5, 5.41) is 3.28. The molecule has 0 amide bonds. The van der Waals surface area contributed by atoms with Gasteiger partial charge in [-0.05, 0) is 42.6 Å². The lowest BCUT2D eigenvalue weighted by Gasteiger charge is -2.06. The normalized spacial score (nSPS) is 16.9. The molecule has 0 aromatic heterocycles. The van der Waals surface area contributed by atoms with Gasteiger partial charge in [0.05, 0.1) is 4.90 Å². The van der Waals surface area contributed by atoms with Crippen LogP contribution in [0, 0.1) is 0 Å². The van der Waals surface area contributed by atoms with Crippen molar-refractivity contribution in [3.63, 3.8) is 0 Å². The third-order valence-electron chi connectivity index (χ3n) is 2.57. The van der Waals surface area contributed by atoms with Gasteiger partial charge in [-0.3, -0.25) is 0 Å². The fraction of sp³-hybridized carbons (Fsp3) is 0.400. The quantitative estimate of drug-likeness (QED) is 0.766. The monoisotopic (exact) mass is 245 g/mol. The minimum Gasteiger partial charge on any atom is -0.313 e. The number of nitrogens with one attached hydrogen (secondary N) is 1. The summed E-state index contributed by atoms with van der Waals surface area (Å²) in [6.45, 7) is 1.77. The zero-order valence-electron chi connectivity index (χ0n) is 8.16. The maximum absolute atomic E-state index is 11.2. The lowest BCUT2D eigenvalue weighted by molar-refractivity contribution is 0.609. The van der Waals surface area contributed by atoms with E-state index >= 15 is 0 Å². The zero-order valence-corrected chi connectivity index (χ0v) is 9.74. The largest absolute Gasteiger partial charge is 0.313 e. The molecule has 0 radical (unpaired) electrons. The molecule has 3 nitrogen and oxygen atoms in total. The summed E-state index contributed by atoms with van der Waals surface area (Å²) in [6, 6.07) is 5.09. The van der Waals surface area contributed by atoms with Gasteiger partial charge in [-0.2, -0.15) is 0 Å². The van der Waals surface area contributed by atoms with E-state index < -0.39 is 9.05 Å². The third kappa shape index (κ3) is 2.51. The van der Waals surface area contributed by atoms with Crippen LogP contribution in [0.1, 0.15) is 17.5 Å². The Kier molecular flexibility index (Phi) is 3.00. The van der Waals surface area contributed by atoms with E-state index in [4.69, 9.17) is 10.7 Å². The first kappa shape index (κ1) is 10.9. The molecular weight excluding hydrogens is 234 g/mol. The van der Waals surface area contributed by atoms with Crippen molar-refractivity contribution in [2.24, 2.45) is 0 Å². The van der Waals surface area contributed by atoms with Crippen molar-refractivity contribution in [1.29, 1.82) is 0 Å². The summed E-state index contributed by atoms with van der Waals surface area (Å²) in [4.78, 5) is 0.199. The topological polar surface area (TPSA) is 46.2 Å². The third-order valence-corrected chi connectivity index (χ3v) is 3.93. The molecule has 1 heterocycles. The van der Waals surface area contributed by atoms with Crippen LogP contribution in [0.2, 0.25) is 0 Å². The molecule has 0 atom stereocenters. The van der Waals surface area contributed by atoms with Gasteiger partial charge < -0.3 is 5.32 Å². The molecule has 0 saturated heterocycles. The fourth-order valence-electron chi connectivity index (χ4n) is 1.79. The van der Waals surface area contributed by atoms with Gasteiger partial charge in [-0.15, -0.1) is 0 Å². The average Bonchev–Trinajstić information content (AvgIpc) is 2.39. The standard InChI is InChI=1S/C10H12ClNO2S/c11-15(13,14)10-4-3-9-7-12-5-1-2-8(9)6-10/h3-4,6,12H,1-2,5,7H2. The Morgan fingerprint density at radius 2 is 2.07 bits per heavy atom. The second kappa shape index (κ2) is 4.12. The highest BCUT2D eigenvalue weighted by molar-refractivity contribution is 8.13. The second-order valence-electron chi connectivity index (χ2n) is 3.65. The second-order valence-corrected chi connectivity index (χ2v) is 6.21. The van der Waals surface area contributed by atoms with Crippen LogP contribution in [0.15, 0.2) is 23.1 Å². The highest BCUT2D eigenvalue weighted by atomic mass is 35.7. The van der Waals surface area contributed by atoms with Gasteiger partial charge >= 0.3 is 0 Å². The highest BCUT2D eigenvalue weighted by Crippen LogP contribution is 2.21. The van der Waals surface area contributed by atoms with Crippen LogP contribution in [0.3, 0.4) is 0 Å². The van der Waals surface area contributed by atoms with Gasteiger partial charge in [0, 0.05) is 17.2 Å². The Balaban J connectivity index is 2.45. The van der Waals surface area contributed by atoms with E-state index in [0.29, 0.717) is 0 Å². The van der Waals surface area contributed by atoms with Crippen LogP contribution in [0.25, 0.3) is 0 Å². The van der Waals surface area contributed by atoms with Crippen LogP contribution in [-0.2, 0) is 22.0 Å². The van der Waals surface area contributed by atoms with E-state index in [9.17, 15) is 8.42 Å². The van der Waals surface area contributed by atoms with Crippen molar-refractivity contribution in [3.05, 3.63) is 29.3 Å². The molecule has 5 heteroatoms. The summed E-state index contributed by atoms with van der Waals surface area (Å²) in [5.41, 5.74) is 2.25. The molecule has 0 spiro atoms. The SMILES string of the molecule is O=S(=O)(Cl)c1ccc2c(c1)CCCNC2. The molecular formula is C10H12ClNO2S. The maximum Gasteiger partial charge on any atom is 0.261 e. The first-order valence-electron chi connectivity index (χ1n) is 4.84. The van der Waals surface area contributed by atoms with Crippen molar-refractivity contribution < 1.29 is 8.42 Å². The summed E-state index contributed by atoms with van der Waals surface area (Å²) in [5.74, 6) is 0. The zero-order chi connectivity index (χ0) is 10.9. The maximum atomic E-state index is 11.2. The number of halogens is 1. The van der Waals surface area contributed by atoms with E-state index in [0.717, 1.165) is 37.1 Å². The van der Waals surface area contributed by atoms with Crippen molar-refractivity contribution in [2.75, 3.05) is 6.54 Å². The highest BCUT2D eigenvalue weighted by Gasteiger charge is 2.14. The Hall–Kier alpha value is -0.580. The van der Waals surface area contributed by atoms with Crippen LogP contribution in [0.4, 0.5) is 0 Å². The van der Waals surface area contributed by atoms with Crippen molar-refractivity contribution >= 4 is 19.7 Å². The summed E-state index contributed by atoms with van der Waals surface area (Å²) in [6.07, 6.45) is 1.93. The van der Waals surface area contributed by atoms with Crippen molar-refractivity contribution in [1.82, 2.24) is 5.32 Å². The van der Waals surface area contributed by atoms with Crippen molar-refractivity contribution in [3.8, 4) is 0 Å². The number of benzene rings is 1. The molecule has 0 unspecified atom stereocenters. The lowest BCUT2D eigenvalue weighted by atomic mass is 10.0. The predicted molar refractivity (Wildman–Crippen MR) is 59.5 cm³/mol. The number of hydrogen-bond donors (Lipinski definition) is 1. The van der Waals surface area contributed by atoms with Gasteiger partial charge in [-0.25, -0.2) is 8.42 Å². The molecule has 2 rings (SSSR count). The molecule has 82 valence electrons. The van der Waals surface area contributed by atoms with Crippen LogP contribution >= 0.6 is 10.7 Å². The summed E-state index contributed by atoms with van der Waals surface area (Å²) >= 11 is 0. The van der Waals surface area contributed by atoms with Crippen LogP contribution in [-0.4, -0.2) is 15.0 Å². The lowest BCUT2D eigenvalue weighted by Crippen LogP contribution is -2.11. The fourth-order valence-corrected chi connectivity index (χ4v) is 2.59. The molecule has 0 saturated carbocycles. The molecule has 0 fully saturated rings. The van der Waals surface area contributed by atoms with Gasteiger partial charge in [0.1, 0.15) is 0 Å². The van der Waals surface area contributed by atoms with Gasteiger partial charge in [0.15, 0.2) is 0 Å². The molecule has 0 aliphatic carbocycles.